The molecule has 0 bridgehead atoms. The standard InChI is InChI=1S/C21H23N3O4S2/c1-27-20(26)12-6-8-14(9-7-12)28-10-13(25)11-29-21-23-18(22)17-15-4-2-3-5-16(15)30-19(17)24-21/h6-9,13,25H,2-5,10-11H2,1H3,(H2,22,23,24). The zero-order valence-electron chi connectivity index (χ0n) is 16.6. The third-order valence-electron chi connectivity index (χ3n) is 4.94. The van der Waals surface area contributed by atoms with E-state index in [1.165, 1.54) is 42.2 Å². The first-order valence-electron chi connectivity index (χ1n) is 9.75. The average molecular weight is 446 g/mol. The van der Waals surface area contributed by atoms with Crippen LogP contribution in [0.2, 0.25) is 0 Å². The quantitative estimate of drug-likeness (QED) is 0.323. The van der Waals surface area contributed by atoms with Crippen molar-refractivity contribution in [1.29, 1.82) is 0 Å². The van der Waals surface area contributed by atoms with Gasteiger partial charge < -0.3 is 20.3 Å². The van der Waals surface area contributed by atoms with Crippen LogP contribution in [-0.2, 0) is 17.6 Å². The first-order chi connectivity index (χ1) is 14.5. The fourth-order valence-corrected chi connectivity index (χ4v) is 5.53. The van der Waals surface area contributed by atoms with E-state index in [-0.39, 0.29) is 6.61 Å². The Kier molecular flexibility index (Phi) is 6.40. The molecule has 0 amide bonds. The van der Waals surface area contributed by atoms with Gasteiger partial charge in [-0.25, -0.2) is 14.8 Å². The minimum absolute atomic E-state index is 0.121. The van der Waals surface area contributed by atoms with Gasteiger partial charge in [0.15, 0.2) is 5.16 Å². The van der Waals surface area contributed by atoms with E-state index in [1.54, 1.807) is 35.6 Å². The smallest absolute Gasteiger partial charge is 0.337 e. The number of carbonyl (C=O) groups excluding carboxylic acids is 1. The number of nitrogens with zero attached hydrogens (tertiary/aromatic N) is 2. The van der Waals surface area contributed by atoms with Crippen LogP contribution in [0.25, 0.3) is 10.2 Å². The van der Waals surface area contributed by atoms with E-state index in [4.69, 9.17) is 10.5 Å². The van der Waals surface area contributed by atoms with Gasteiger partial charge in [-0.05, 0) is 55.5 Å². The lowest BCUT2D eigenvalue weighted by molar-refractivity contribution is 0.0600. The number of fused-ring (bicyclic) bond motifs is 3. The summed E-state index contributed by atoms with van der Waals surface area (Å²) in [6.45, 7) is 0.121. The summed E-state index contributed by atoms with van der Waals surface area (Å²) >= 11 is 3.07. The molecule has 1 aliphatic carbocycles. The van der Waals surface area contributed by atoms with Gasteiger partial charge in [0.05, 0.1) is 24.2 Å². The van der Waals surface area contributed by atoms with Crippen molar-refractivity contribution < 1.29 is 19.4 Å². The molecule has 1 aliphatic rings. The van der Waals surface area contributed by atoms with Crippen LogP contribution >= 0.6 is 23.1 Å². The highest BCUT2D eigenvalue weighted by Crippen LogP contribution is 2.38. The second-order valence-electron chi connectivity index (χ2n) is 7.07. The van der Waals surface area contributed by atoms with Crippen molar-refractivity contribution in [2.45, 2.75) is 36.9 Å². The number of ether oxygens (including phenoxy) is 2. The average Bonchev–Trinajstić information content (AvgIpc) is 3.15. The van der Waals surface area contributed by atoms with Crippen LogP contribution in [0.3, 0.4) is 0 Å². The molecular weight excluding hydrogens is 422 g/mol. The minimum atomic E-state index is -0.702. The molecule has 0 saturated carbocycles. The Labute approximate surface area is 182 Å². The van der Waals surface area contributed by atoms with Gasteiger partial charge in [0.2, 0.25) is 0 Å². The molecule has 3 N–H and O–H groups in total. The lowest BCUT2D eigenvalue weighted by atomic mass is 9.97. The summed E-state index contributed by atoms with van der Waals surface area (Å²) in [4.78, 5) is 22.9. The summed E-state index contributed by atoms with van der Waals surface area (Å²) in [6.07, 6.45) is 3.84. The molecule has 3 aromatic rings. The number of aliphatic hydroxyl groups excluding tert-OH is 1. The maximum Gasteiger partial charge on any atom is 0.337 e. The number of esters is 1. The summed E-state index contributed by atoms with van der Waals surface area (Å²) in [6, 6.07) is 6.58. The number of aromatic nitrogens is 2. The number of thiophene rings is 1. The third kappa shape index (κ3) is 4.53. The maximum atomic E-state index is 11.4. The van der Waals surface area contributed by atoms with E-state index in [9.17, 15) is 9.90 Å². The number of hydrogen-bond acceptors (Lipinski definition) is 9. The van der Waals surface area contributed by atoms with Crippen LogP contribution in [0.4, 0.5) is 5.82 Å². The number of methoxy groups -OCH3 is 1. The molecule has 0 spiro atoms. The van der Waals surface area contributed by atoms with E-state index in [1.807, 2.05) is 0 Å². The molecule has 1 aromatic carbocycles. The molecule has 4 rings (SSSR count). The predicted octanol–water partition coefficient (Wildman–Crippen LogP) is 3.47. The fourth-order valence-electron chi connectivity index (χ4n) is 3.45. The van der Waals surface area contributed by atoms with Crippen molar-refractivity contribution in [2.75, 3.05) is 25.2 Å². The lowest BCUT2D eigenvalue weighted by Gasteiger charge is -2.12. The Balaban J connectivity index is 1.34. The Hall–Kier alpha value is -2.36. The molecule has 158 valence electrons. The minimum Gasteiger partial charge on any atom is -0.491 e. The molecule has 0 radical (unpaired) electrons. The number of aliphatic hydroxyl groups is 1. The molecule has 30 heavy (non-hydrogen) atoms. The predicted molar refractivity (Wildman–Crippen MR) is 118 cm³/mol. The SMILES string of the molecule is COC(=O)c1ccc(OCC(O)CSc2nc(N)c3c4c(sc3n2)CCCC4)cc1. The van der Waals surface area contributed by atoms with Crippen molar-refractivity contribution >= 4 is 45.1 Å². The number of rotatable bonds is 7. The monoisotopic (exact) mass is 445 g/mol. The third-order valence-corrected chi connectivity index (χ3v) is 7.12. The van der Waals surface area contributed by atoms with Crippen molar-refractivity contribution in [3.05, 3.63) is 40.3 Å². The van der Waals surface area contributed by atoms with Crippen molar-refractivity contribution in [3.63, 3.8) is 0 Å². The van der Waals surface area contributed by atoms with Crippen LogP contribution < -0.4 is 10.5 Å². The second-order valence-corrected chi connectivity index (χ2v) is 9.15. The van der Waals surface area contributed by atoms with Gasteiger partial charge in [-0.3, -0.25) is 0 Å². The molecule has 1 unspecified atom stereocenters. The number of aryl methyl sites for hydroxylation is 2. The van der Waals surface area contributed by atoms with Gasteiger partial charge in [-0.15, -0.1) is 11.3 Å². The molecule has 9 heteroatoms. The molecular formula is C21H23N3O4S2. The van der Waals surface area contributed by atoms with E-state index >= 15 is 0 Å². The van der Waals surface area contributed by atoms with Crippen LogP contribution in [0.15, 0.2) is 29.4 Å². The molecule has 2 heterocycles. The van der Waals surface area contributed by atoms with Crippen LogP contribution in [0.1, 0.15) is 33.6 Å². The Morgan fingerprint density at radius 3 is 2.80 bits per heavy atom. The van der Waals surface area contributed by atoms with Crippen molar-refractivity contribution in [1.82, 2.24) is 9.97 Å². The van der Waals surface area contributed by atoms with Crippen molar-refractivity contribution in [2.24, 2.45) is 0 Å². The fraction of sp³-hybridized carbons (Fsp3) is 0.381. The molecule has 0 aliphatic heterocycles. The number of nitrogen functional groups attached to an aromatic ring is 1. The van der Waals surface area contributed by atoms with Gasteiger partial charge in [-0.1, -0.05) is 11.8 Å². The van der Waals surface area contributed by atoms with E-state index in [2.05, 4.69) is 14.7 Å². The lowest BCUT2D eigenvalue weighted by Crippen LogP contribution is -2.20. The van der Waals surface area contributed by atoms with Crippen LogP contribution in [-0.4, -0.2) is 46.6 Å². The number of nitrogens with two attached hydrogens (primary N) is 1. The van der Waals surface area contributed by atoms with Gasteiger partial charge in [-0.2, -0.15) is 0 Å². The normalized spacial score (nSPS) is 14.3. The maximum absolute atomic E-state index is 11.4. The summed E-state index contributed by atoms with van der Waals surface area (Å²) in [7, 11) is 1.34. The summed E-state index contributed by atoms with van der Waals surface area (Å²) in [5.74, 6) is 1.08. The highest BCUT2D eigenvalue weighted by molar-refractivity contribution is 7.99. The van der Waals surface area contributed by atoms with Crippen molar-refractivity contribution in [3.8, 4) is 5.75 Å². The Morgan fingerprint density at radius 2 is 2.03 bits per heavy atom. The number of carbonyl (C=O) groups is 1. The number of anilines is 1. The highest BCUT2D eigenvalue weighted by atomic mass is 32.2. The summed E-state index contributed by atoms with van der Waals surface area (Å²) in [5, 5.41) is 11.8. The Bertz CT molecular complexity index is 1050. The van der Waals surface area contributed by atoms with Gasteiger partial charge in [0.1, 0.15) is 23.0 Å². The number of thioether (sulfide) groups is 1. The largest absolute Gasteiger partial charge is 0.491 e. The zero-order valence-corrected chi connectivity index (χ0v) is 18.2. The number of benzene rings is 1. The summed E-state index contributed by atoms with van der Waals surface area (Å²) in [5.41, 5.74) is 8.00. The van der Waals surface area contributed by atoms with Crippen LogP contribution in [0.5, 0.6) is 5.75 Å². The highest BCUT2D eigenvalue weighted by Gasteiger charge is 2.20. The summed E-state index contributed by atoms with van der Waals surface area (Å²) < 4.78 is 10.3. The topological polar surface area (TPSA) is 108 Å². The Morgan fingerprint density at radius 1 is 1.27 bits per heavy atom. The first kappa shape index (κ1) is 20.9. The van der Waals surface area contributed by atoms with E-state index < -0.39 is 12.1 Å². The van der Waals surface area contributed by atoms with Gasteiger partial charge in [0, 0.05) is 10.6 Å². The molecule has 2 aromatic heterocycles. The van der Waals surface area contributed by atoms with E-state index in [0.29, 0.717) is 28.0 Å². The molecule has 7 nitrogen and oxygen atoms in total. The first-order valence-corrected chi connectivity index (χ1v) is 11.5. The molecule has 0 saturated heterocycles. The molecule has 0 fully saturated rings. The second kappa shape index (κ2) is 9.20. The number of hydrogen-bond donors (Lipinski definition) is 2. The zero-order chi connectivity index (χ0) is 21.1. The molecule has 1 atom stereocenters. The van der Waals surface area contributed by atoms with Gasteiger partial charge in [0.25, 0.3) is 0 Å². The van der Waals surface area contributed by atoms with Crippen LogP contribution in [0, 0.1) is 0 Å². The van der Waals surface area contributed by atoms with Gasteiger partial charge >= 0.3 is 5.97 Å². The van der Waals surface area contributed by atoms with E-state index in [0.717, 1.165) is 23.1 Å².